The summed E-state index contributed by atoms with van der Waals surface area (Å²) in [5.74, 6) is 2.81. The molecule has 0 saturated carbocycles. The van der Waals surface area contributed by atoms with E-state index in [-0.39, 0.29) is 26.3 Å². The van der Waals surface area contributed by atoms with Crippen molar-refractivity contribution in [2.24, 2.45) is 5.92 Å². The van der Waals surface area contributed by atoms with Crippen molar-refractivity contribution in [3.05, 3.63) is 10.4 Å². The lowest BCUT2D eigenvalue weighted by Gasteiger charge is -2.41. The van der Waals surface area contributed by atoms with Crippen molar-refractivity contribution < 1.29 is 25.5 Å². The molecular weight excluding hydrogens is 312 g/mol. The maximum absolute atomic E-state index is 12.1. The van der Waals surface area contributed by atoms with Crippen molar-refractivity contribution in [2.75, 3.05) is 46.1 Å². The maximum Gasteiger partial charge on any atom is 0.102 e. The van der Waals surface area contributed by atoms with Crippen LogP contribution in [0.5, 0.6) is 0 Å². The highest BCUT2D eigenvalue weighted by atomic mass is 16.5. The van der Waals surface area contributed by atoms with E-state index in [9.17, 15) is 5.21 Å². The Hall–Kier alpha value is -0.280. The number of nitrogens with zero attached hydrogens (tertiary/aromatic N) is 1. The Bertz CT molecular complexity index is 237. The third-order valence-corrected chi connectivity index (χ3v) is 3.94. The summed E-state index contributed by atoms with van der Waals surface area (Å²) in [6.07, 6.45) is 8.24. The van der Waals surface area contributed by atoms with Gasteiger partial charge in [-0.3, -0.25) is 0 Å². The third-order valence-electron chi connectivity index (χ3n) is 3.94. The Morgan fingerprint density at radius 2 is 1.33 bits per heavy atom. The van der Waals surface area contributed by atoms with Gasteiger partial charge in [-0.1, -0.05) is 46.0 Å². The molecule has 0 rings (SSSR count). The fourth-order valence-corrected chi connectivity index (χ4v) is 2.54. The van der Waals surface area contributed by atoms with Crippen LogP contribution in [0.4, 0.5) is 0 Å². The van der Waals surface area contributed by atoms with Crippen LogP contribution >= 0.6 is 0 Å². The lowest BCUT2D eigenvalue weighted by molar-refractivity contribution is -0.881. The summed E-state index contributed by atoms with van der Waals surface area (Å²) in [5, 5.41) is 37.9. The third kappa shape index (κ3) is 18.1. The molecule has 0 aromatic rings. The predicted octanol–water partition coefficient (Wildman–Crippen LogP) is 1.42. The first kappa shape index (κ1) is 26.0. The van der Waals surface area contributed by atoms with Gasteiger partial charge in [-0.2, -0.15) is 0 Å². The Labute approximate surface area is 147 Å². The molecule has 0 unspecified atom stereocenters. The highest BCUT2D eigenvalue weighted by molar-refractivity contribution is 4.49. The summed E-state index contributed by atoms with van der Waals surface area (Å²) < 4.78 is 5.03. The summed E-state index contributed by atoms with van der Waals surface area (Å²) in [5.41, 5.74) is 0. The Morgan fingerprint density at radius 3 is 1.88 bits per heavy atom. The highest BCUT2D eigenvalue weighted by Crippen LogP contribution is 2.10. The van der Waals surface area contributed by atoms with E-state index in [0.29, 0.717) is 19.6 Å². The average Bonchev–Trinajstić information content (AvgIpc) is 2.54. The van der Waals surface area contributed by atoms with Gasteiger partial charge in [-0.05, 0) is 12.3 Å². The van der Waals surface area contributed by atoms with Crippen LogP contribution in [0.25, 0.3) is 0 Å². The molecule has 0 aromatic carbocycles. The zero-order chi connectivity index (χ0) is 18.7. The molecule has 0 aromatic heterocycles. The first-order valence-electron chi connectivity index (χ1n) is 9.19. The van der Waals surface area contributed by atoms with Crippen LogP contribution in [0.3, 0.4) is 0 Å². The van der Waals surface area contributed by atoms with E-state index in [4.69, 9.17) is 20.2 Å². The zero-order valence-electron chi connectivity index (χ0n) is 15.8. The number of hydroxylamine groups is 3. The summed E-state index contributed by atoms with van der Waals surface area (Å²) in [7, 11) is 0. The lowest BCUT2D eigenvalue weighted by atomic mass is 10.0. The maximum atomic E-state index is 12.1. The van der Waals surface area contributed by atoms with E-state index < -0.39 is 4.65 Å². The molecule has 0 aliphatic rings. The van der Waals surface area contributed by atoms with E-state index in [0.717, 1.165) is 18.9 Å². The standard InChI is InChI=1S/C17H37NO4.H3NO/c1-17(2)9-6-4-3-5-7-15-22-16-8-10-18(21,11-13-19)12-14-20;1-2/h17,19-20H,3-16H2,1-2H3;1H3. The minimum Gasteiger partial charge on any atom is -0.637 e. The van der Waals surface area contributed by atoms with Gasteiger partial charge in [-0.15, -0.1) is 0 Å². The molecule has 0 aliphatic carbocycles. The monoisotopic (exact) mass is 352 g/mol. The summed E-state index contributed by atoms with van der Waals surface area (Å²) in [6, 6.07) is 0. The Balaban J connectivity index is 0. The molecule has 7 heteroatoms. The quantitative estimate of drug-likeness (QED) is 0.220. The van der Waals surface area contributed by atoms with Crippen LogP contribution in [0, 0.1) is 16.3 Å². The normalized spacial score (nSPS) is 11.5. The van der Waals surface area contributed by atoms with E-state index >= 15 is 0 Å². The second-order valence-corrected chi connectivity index (χ2v) is 6.59. The van der Waals surface area contributed by atoms with E-state index in [1.807, 2.05) is 5.90 Å². The van der Waals surface area contributed by atoms with E-state index in [1.54, 1.807) is 0 Å². The number of aliphatic hydroxyl groups is 2. The number of aliphatic hydroxyl groups excluding tert-OH is 2. The van der Waals surface area contributed by atoms with Gasteiger partial charge in [0, 0.05) is 13.0 Å². The molecule has 0 atom stereocenters. The van der Waals surface area contributed by atoms with Crippen LogP contribution < -0.4 is 5.90 Å². The second-order valence-electron chi connectivity index (χ2n) is 6.59. The SMILES string of the molecule is CC(C)CCCCCCCOCCC[N+]([O-])(CCO)CCO.[NH3+][O-]. The van der Waals surface area contributed by atoms with Gasteiger partial charge in [0.05, 0.1) is 26.4 Å². The smallest absolute Gasteiger partial charge is 0.102 e. The zero-order valence-corrected chi connectivity index (χ0v) is 15.8. The number of unbranched alkanes of at least 4 members (excludes halogenated alkanes) is 4. The van der Waals surface area contributed by atoms with Crippen LogP contribution in [0.1, 0.15) is 58.8 Å². The van der Waals surface area contributed by atoms with Gasteiger partial charge in [0.25, 0.3) is 0 Å². The molecule has 0 spiro atoms. The first-order valence-corrected chi connectivity index (χ1v) is 9.19. The molecule has 0 amide bonds. The van der Waals surface area contributed by atoms with Gasteiger partial charge in [0.2, 0.25) is 0 Å². The predicted molar refractivity (Wildman–Crippen MR) is 96.6 cm³/mol. The molecule has 0 bridgehead atoms. The van der Waals surface area contributed by atoms with Crippen molar-refractivity contribution in [3.63, 3.8) is 0 Å². The summed E-state index contributed by atoms with van der Waals surface area (Å²) in [4.78, 5) is 0. The molecule has 0 radical (unpaired) electrons. The molecule has 24 heavy (non-hydrogen) atoms. The van der Waals surface area contributed by atoms with Gasteiger partial charge < -0.3 is 35.9 Å². The molecule has 0 aliphatic heterocycles. The van der Waals surface area contributed by atoms with Crippen LogP contribution in [0.2, 0.25) is 0 Å². The Morgan fingerprint density at radius 1 is 0.833 bits per heavy atom. The highest BCUT2D eigenvalue weighted by Gasteiger charge is 2.14. The number of hydrogen-bond donors (Lipinski definition) is 3. The van der Waals surface area contributed by atoms with Gasteiger partial charge in [0.1, 0.15) is 13.1 Å². The number of hydrogen-bond acceptors (Lipinski definition) is 5. The number of quaternary nitrogens is 2. The first-order chi connectivity index (χ1) is 11.5. The van der Waals surface area contributed by atoms with Gasteiger partial charge in [0.15, 0.2) is 0 Å². The Kier molecular flexibility index (Phi) is 20.6. The van der Waals surface area contributed by atoms with E-state index in [2.05, 4.69) is 13.8 Å². The molecular formula is C17H40N2O5. The average molecular weight is 353 g/mol. The number of rotatable bonds is 16. The largest absolute Gasteiger partial charge is 0.637 e. The van der Waals surface area contributed by atoms with Crippen molar-refractivity contribution in [3.8, 4) is 0 Å². The fraction of sp³-hybridized carbons (Fsp3) is 1.00. The van der Waals surface area contributed by atoms with Gasteiger partial charge in [-0.25, -0.2) is 0 Å². The van der Waals surface area contributed by atoms with Crippen LogP contribution in [-0.2, 0) is 4.74 Å². The van der Waals surface area contributed by atoms with Crippen molar-refractivity contribution >= 4 is 0 Å². The van der Waals surface area contributed by atoms with Gasteiger partial charge >= 0.3 is 0 Å². The minimum atomic E-state index is -0.522. The van der Waals surface area contributed by atoms with Crippen LogP contribution in [0.15, 0.2) is 0 Å². The lowest BCUT2D eigenvalue weighted by Crippen LogP contribution is -2.47. The second kappa shape index (κ2) is 19.1. The van der Waals surface area contributed by atoms with Crippen LogP contribution in [-0.4, -0.2) is 60.9 Å². The summed E-state index contributed by atoms with van der Waals surface area (Å²) in [6.45, 7) is 6.32. The topological polar surface area (TPSA) is 123 Å². The van der Waals surface area contributed by atoms with Crippen molar-refractivity contribution in [1.29, 1.82) is 0 Å². The molecule has 7 nitrogen and oxygen atoms in total. The van der Waals surface area contributed by atoms with Crippen molar-refractivity contribution in [2.45, 2.75) is 58.8 Å². The minimum absolute atomic E-state index is 0.138. The molecule has 5 N–H and O–H groups in total. The van der Waals surface area contributed by atoms with E-state index in [1.165, 1.54) is 32.1 Å². The molecule has 0 saturated heterocycles. The number of ether oxygens (including phenoxy) is 1. The summed E-state index contributed by atoms with van der Waals surface area (Å²) >= 11 is 0. The molecule has 0 fully saturated rings. The fourth-order valence-electron chi connectivity index (χ4n) is 2.54. The van der Waals surface area contributed by atoms with Crippen molar-refractivity contribution in [1.82, 2.24) is 0 Å². The molecule has 0 heterocycles. The molecule has 148 valence electrons.